The quantitative estimate of drug-likeness (QED) is 0.471. The lowest BCUT2D eigenvalue weighted by molar-refractivity contribution is -0.411. The minimum absolute atomic E-state index is 2.64. The second kappa shape index (κ2) is 5.04. The van der Waals surface area contributed by atoms with Crippen molar-refractivity contribution in [2.75, 3.05) is 0 Å². The smallest absolute Gasteiger partial charge is 0.261 e. The molecule has 110 valence electrons. The van der Waals surface area contributed by atoms with E-state index >= 15 is 0 Å². The molecule has 0 bridgehead atoms. The van der Waals surface area contributed by atoms with E-state index in [4.69, 9.17) is 34.8 Å². The van der Waals surface area contributed by atoms with E-state index in [0.717, 1.165) is 0 Å². The molecule has 0 aliphatic rings. The van der Waals surface area contributed by atoms with Crippen LogP contribution in [0.2, 0.25) is 0 Å². The molecule has 1 unspecified atom stereocenters. The molecule has 0 fully saturated rings. The van der Waals surface area contributed by atoms with Gasteiger partial charge in [-0.1, -0.05) is 34.8 Å². The van der Waals surface area contributed by atoms with Crippen LogP contribution < -0.4 is 0 Å². The van der Waals surface area contributed by atoms with Gasteiger partial charge >= 0.3 is 22.7 Å². The molecule has 0 spiro atoms. The Morgan fingerprint density at radius 2 is 1.00 bits per heavy atom. The average Bonchev–Trinajstić information content (AvgIpc) is 1.96. The maximum atomic E-state index is 13.1. The molecule has 18 heavy (non-hydrogen) atoms. The highest BCUT2D eigenvalue weighted by Gasteiger charge is 2.75. The monoisotopic (exact) mass is 384 g/mol. The van der Waals surface area contributed by atoms with Crippen molar-refractivity contribution < 1.29 is 35.5 Å². The molecule has 0 saturated carbocycles. The molecule has 0 amide bonds. The van der Waals surface area contributed by atoms with Gasteiger partial charge in [0.25, 0.3) is 3.79 Å². The Balaban J connectivity index is 5.33. The first kappa shape index (κ1) is 18.9. The van der Waals surface area contributed by atoms with E-state index in [-0.39, 0.29) is 0 Å². The fourth-order valence-electron chi connectivity index (χ4n) is 0.448. The van der Waals surface area contributed by atoms with Crippen molar-refractivity contribution in [1.29, 1.82) is 0 Å². The maximum Gasteiger partial charge on any atom is 0.430 e. The van der Waals surface area contributed by atoms with Gasteiger partial charge in [0.1, 0.15) is 0 Å². The first-order chi connectivity index (χ1) is 7.46. The van der Waals surface area contributed by atoms with Crippen molar-refractivity contribution in [3.05, 3.63) is 0 Å². The highest BCUT2D eigenvalue weighted by molar-refractivity contribution is 6.70. The van der Waals surface area contributed by atoms with E-state index in [1.165, 1.54) is 0 Å². The van der Waals surface area contributed by atoms with Crippen LogP contribution in [-0.2, 0) is 4.74 Å². The van der Waals surface area contributed by atoms with Gasteiger partial charge in [-0.05, 0) is 23.2 Å². The molecule has 0 aliphatic carbocycles. The second-order valence-electron chi connectivity index (χ2n) is 2.71. The Kier molecular flexibility index (Phi) is 5.29. The van der Waals surface area contributed by atoms with Gasteiger partial charge < -0.3 is 0 Å². The molecule has 0 aromatic heterocycles. The number of alkyl halides is 12. The Morgan fingerprint density at radius 1 is 0.667 bits per heavy atom. The number of rotatable bonds is 4. The van der Waals surface area contributed by atoms with Crippen LogP contribution in [0, 0.1) is 0 Å². The standard InChI is InChI=1S/C5Cl5F7O/c6-2(7,8)4(10,15)18-5(16,17)1(11,12)3(9,13)14. The molecule has 1 atom stereocenters. The Labute approximate surface area is 120 Å². The van der Waals surface area contributed by atoms with Crippen LogP contribution in [0.3, 0.4) is 0 Å². The third kappa shape index (κ3) is 3.73. The van der Waals surface area contributed by atoms with E-state index in [9.17, 15) is 30.7 Å². The lowest BCUT2D eigenvalue weighted by Gasteiger charge is -2.34. The normalized spacial score (nSPS) is 18.7. The van der Waals surface area contributed by atoms with Crippen molar-refractivity contribution in [2.45, 2.75) is 26.5 Å². The molecule has 0 aliphatic heterocycles. The number of ether oxygens (including phenoxy) is 1. The second-order valence-corrected chi connectivity index (χ2v) is 5.95. The topological polar surface area (TPSA) is 9.23 Å². The van der Waals surface area contributed by atoms with Crippen LogP contribution in [0.4, 0.5) is 30.7 Å². The summed E-state index contributed by atoms with van der Waals surface area (Å²) in [6.45, 7) is 0. The number of hydrogen-bond donors (Lipinski definition) is 0. The Morgan fingerprint density at radius 3 is 1.22 bits per heavy atom. The van der Waals surface area contributed by atoms with Gasteiger partial charge in [0.2, 0.25) is 0 Å². The van der Waals surface area contributed by atoms with Crippen molar-refractivity contribution in [3.8, 4) is 0 Å². The largest absolute Gasteiger partial charge is 0.430 e. The zero-order valence-corrected chi connectivity index (χ0v) is 11.2. The van der Waals surface area contributed by atoms with Gasteiger partial charge in [-0.3, -0.25) is 4.74 Å². The summed E-state index contributed by atoms with van der Waals surface area (Å²) >= 11 is 22.3. The van der Waals surface area contributed by atoms with Crippen molar-refractivity contribution >= 4 is 58.0 Å². The molecule has 0 saturated heterocycles. The molecule has 0 N–H and O–H groups in total. The summed E-state index contributed by atoms with van der Waals surface area (Å²) in [7, 11) is 0. The van der Waals surface area contributed by atoms with E-state index < -0.39 is 26.5 Å². The highest BCUT2D eigenvalue weighted by atomic mass is 35.6. The molecule has 0 aromatic rings. The zero-order chi connectivity index (χ0) is 15.2. The van der Waals surface area contributed by atoms with Gasteiger partial charge in [-0.25, -0.2) is 0 Å². The zero-order valence-electron chi connectivity index (χ0n) is 7.44. The molecular weight excluding hydrogens is 386 g/mol. The molecule has 0 heterocycles. The lowest BCUT2D eigenvalue weighted by atomic mass is 10.3. The fraction of sp³-hybridized carbons (Fsp3) is 1.00. The predicted molar refractivity (Wildman–Crippen MR) is 51.8 cm³/mol. The molecule has 13 heteroatoms. The minimum atomic E-state index is -6.32. The first-order valence-electron chi connectivity index (χ1n) is 3.43. The molecule has 0 aromatic carbocycles. The van der Waals surface area contributed by atoms with Crippen molar-refractivity contribution in [3.63, 3.8) is 0 Å². The van der Waals surface area contributed by atoms with E-state index in [1.807, 2.05) is 0 Å². The van der Waals surface area contributed by atoms with Crippen LogP contribution in [0.15, 0.2) is 0 Å². The Hall–Kier alpha value is 0.920. The predicted octanol–water partition coefficient (Wildman–Crippen LogP) is 5.29. The van der Waals surface area contributed by atoms with Gasteiger partial charge in [0.05, 0.1) is 0 Å². The van der Waals surface area contributed by atoms with Gasteiger partial charge in [0, 0.05) is 0 Å². The van der Waals surface area contributed by atoms with Crippen LogP contribution in [-0.4, -0.2) is 26.5 Å². The molecule has 1 nitrogen and oxygen atoms in total. The summed E-state index contributed by atoms with van der Waals surface area (Å²) in [6, 6.07) is 0. The van der Waals surface area contributed by atoms with Crippen molar-refractivity contribution in [1.82, 2.24) is 0 Å². The Bertz CT molecular complexity index is 308. The third-order valence-electron chi connectivity index (χ3n) is 1.31. The van der Waals surface area contributed by atoms with Crippen LogP contribution in [0.5, 0.6) is 0 Å². The first-order valence-corrected chi connectivity index (χ1v) is 5.32. The van der Waals surface area contributed by atoms with E-state index in [2.05, 4.69) is 27.9 Å². The lowest BCUT2D eigenvalue weighted by Crippen LogP contribution is -2.56. The number of hydrogen-bond acceptors (Lipinski definition) is 1. The van der Waals surface area contributed by atoms with Crippen LogP contribution >= 0.6 is 58.0 Å². The summed E-state index contributed by atoms with van der Waals surface area (Å²) in [4.78, 5) is 0. The highest BCUT2D eigenvalue weighted by Crippen LogP contribution is 2.54. The van der Waals surface area contributed by atoms with Crippen LogP contribution in [0.1, 0.15) is 0 Å². The summed E-state index contributed by atoms with van der Waals surface area (Å²) in [5, 5.41) is -10.3. The maximum absolute atomic E-state index is 13.1. The average molecular weight is 386 g/mol. The SMILES string of the molecule is FC(F)(Cl)C(F)(F)C(F)(F)OC(F)(Cl)C(Cl)(Cl)Cl. The molecule has 0 radical (unpaired) electrons. The van der Waals surface area contributed by atoms with Gasteiger partial charge in [-0.15, -0.1) is 0 Å². The third-order valence-corrected chi connectivity index (χ3v) is 2.93. The minimum Gasteiger partial charge on any atom is -0.261 e. The van der Waals surface area contributed by atoms with E-state index in [0.29, 0.717) is 0 Å². The molecular formula is C5Cl5F7O. The molecule has 0 rings (SSSR count). The summed E-state index contributed by atoms with van der Waals surface area (Å²) in [6.07, 6.45) is -6.15. The van der Waals surface area contributed by atoms with Gasteiger partial charge in [0.15, 0.2) is 0 Å². The summed E-state index contributed by atoms with van der Waals surface area (Å²) in [5.74, 6) is -6.32. The van der Waals surface area contributed by atoms with Gasteiger partial charge in [-0.2, -0.15) is 30.7 Å². The number of halogens is 12. The summed E-state index contributed by atoms with van der Waals surface area (Å²) < 4.78 is 86.8. The van der Waals surface area contributed by atoms with Crippen molar-refractivity contribution in [2.24, 2.45) is 0 Å². The fourth-order valence-corrected chi connectivity index (χ4v) is 0.771. The van der Waals surface area contributed by atoms with E-state index in [1.54, 1.807) is 0 Å². The van der Waals surface area contributed by atoms with Crippen LogP contribution in [0.25, 0.3) is 0 Å². The summed E-state index contributed by atoms with van der Waals surface area (Å²) in [5.41, 5.74) is 0.